The molecule has 2 unspecified atom stereocenters. The van der Waals surface area contributed by atoms with E-state index in [-0.39, 0.29) is 13.2 Å². The van der Waals surface area contributed by atoms with E-state index in [9.17, 15) is 8.42 Å². The zero-order chi connectivity index (χ0) is 39.5. The molecule has 2 rings (SSSR count). The largest absolute Gasteiger partial charge is 0.493 e. The number of allylic oxidation sites excluding steroid dienone is 4. The Balaban J connectivity index is 1.65. The third kappa shape index (κ3) is 29.1. The molecule has 1 saturated heterocycles. The summed E-state index contributed by atoms with van der Waals surface area (Å²) in [7, 11) is -3.55. The van der Waals surface area contributed by atoms with Crippen LogP contribution in [0.15, 0.2) is 42.5 Å². The zero-order valence-electron chi connectivity index (χ0n) is 35.6. The molecule has 1 aliphatic rings. The second-order valence-electron chi connectivity index (χ2n) is 15.7. The molecule has 0 aromatic heterocycles. The highest BCUT2D eigenvalue weighted by atomic mass is 32.2. The van der Waals surface area contributed by atoms with Crippen molar-refractivity contribution in [1.82, 2.24) is 0 Å². The molecule has 0 aliphatic carbocycles. The molecule has 8 heteroatoms. The Kier molecular flexibility index (Phi) is 30.6. The van der Waals surface area contributed by atoms with Gasteiger partial charge in [0, 0.05) is 11.6 Å². The van der Waals surface area contributed by atoms with E-state index in [4.69, 9.17) is 23.1 Å². The summed E-state index contributed by atoms with van der Waals surface area (Å²) >= 11 is 0. The van der Waals surface area contributed by atoms with Crippen LogP contribution >= 0.6 is 0 Å². The first-order valence-corrected chi connectivity index (χ1v) is 24.5. The maximum Gasteiger partial charge on any atom is 0.264 e. The van der Waals surface area contributed by atoms with Gasteiger partial charge in [0.05, 0.1) is 32.7 Å². The second kappa shape index (κ2) is 34.2. The van der Waals surface area contributed by atoms with Crippen LogP contribution in [-0.2, 0) is 23.8 Å². The topological polar surface area (TPSA) is 80.3 Å². The van der Waals surface area contributed by atoms with Crippen molar-refractivity contribution in [2.45, 2.75) is 206 Å². The van der Waals surface area contributed by atoms with E-state index in [1.807, 2.05) is 18.2 Å². The molecule has 0 saturated carbocycles. The van der Waals surface area contributed by atoms with Crippen LogP contribution in [0.3, 0.4) is 0 Å². The fraction of sp³-hybridized carbons (Fsp3) is 0.787. The van der Waals surface area contributed by atoms with Gasteiger partial charge in [0.15, 0.2) is 6.29 Å². The van der Waals surface area contributed by atoms with Crippen molar-refractivity contribution >= 4 is 10.1 Å². The normalized spacial score (nSPS) is 16.2. The van der Waals surface area contributed by atoms with Gasteiger partial charge < -0.3 is 18.9 Å². The van der Waals surface area contributed by atoms with Gasteiger partial charge in [-0.05, 0) is 76.3 Å². The number of unbranched alkanes of at least 4 members (excludes halogenated alkanes) is 24. The van der Waals surface area contributed by atoms with E-state index in [0.717, 1.165) is 49.0 Å². The highest BCUT2D eigenvalue weighted by molar-refractivity contribution is 7.85. The van der Waals surface area contributed by atoms with E-state index < -0.39 is 22.5 Å². The molecule has 1 aromatic carbocycles. The van der Waals surface area contributed by atoms with Gasteiger partial charge in [-0.25, -0.2) is 0 Å². The molecular formula is C47H82O7S. The fourth-order valence-corrected chi connectivity index (χ4v) is 7.28. The van der Waals surface area contributed by atoms with Crippen LogP contribution in [0.2, 0.25) is 0 Å². The number of benzene rings is 1. The van der Waals surface area contributed by atoms with Crippen LogP contribution in [0.5, 0.6) is 11.5 Å². The average molecular weight is 791 g/mol. The lowest BCUT2D eigenvalue weighted by atomic mass is 10.1. The Morgan fingerprint density at radius 3 is 1.35 bits per heavy atom. The molecule has 1 aromatic rings. The van der Waals surface area contributed by atoms with Crippen LogP contribution < -0.4 is 9.47 Å². The lowest BCUT2D eigenvalue weighted by molar-refractivity contribution is -0.0658. The van der Waals surface area contributed by atoms with Gasteiger partial charge in [0.25, 0.3) is 10.1 Å². The first-order chi connectivity index (χ1) is 26.9. The first-order valence-electron chi connectivity index (χ1n) is 22.7. The molecule has 2 atom stereocenters. The zero-order valence-corrected chi connectivity index (χ0v) is 36.4. The molecule has 0 N–H and O–H groups in total. The first kappa shape index (κ1) is 49.3. The van der Waals surface area contributed by atoms with Crippen molar-refractivity contribution in [3.05, 3.63) is 48.1 Å². The molecule has 1 fully saturated rings. The maximum absolute atomic E-state index is 11.5. The van der Waals surface area contributed by atoms with Gasteiger partial charge in [-0.3, -0.25) is 4.18 Å². The van der Waals surface area contributed by atoms with Crippen molar-refractivity contribution in [2.75, 3.05) is 32.7 Å². The van der Waals surface area contributed by atoms with E-state index in [2.05, 4.69) is 38.2 Å². The summed E-state index contributed by atoms with van der Waals surface area (Å²) in [6.07, 6.45) is 45.3. The van der Waals surface area contributed by atoms with Crippen molar-refractivity contribution < 1.29 is 31.5 Å². The highest BCUT2D eigenvalue weighted by Gasteiger charge is 2.29. The Morgan fingerprint density at radius 1 is 0.564 bits per heavy atom. The molecular weight excluding hydrogens is 709 g/mol. The lowest BCUT2D eigenvalue weighted by Crippen LogP contribution is -2.20. The third-order valence-corrected chi connectivity index (χ3v) is 10.8. The summed E-state index contributed by atoms with van der Waals surface area (Å²) in [5.41, 5.74) is 0.802. The average Bonchev–Trinajstić information content (AvgIpc) is 3.66. The molecule has 1 aliphatic heterocycles. The Morgan fingerprint density at radius 2 is 0.945 bits per heavy atom. The predicted molar refractivity (Wildman–Crippen MR) is 231 cm³/mol. The van der Waals surface area contributed by atoms with Crippen LogP contribution in [0.1, 0.15) is 205 Å². The van der Waals surface area contributed by atoms with Gasteiger partial charge in [-0.2, -0.15) is 8.42 Å². The van der Waals surface area contributed by atoms with Crippen molar-refractivity contribution in [1.29, 1.82) is 0 Å². The number of rotatable bonds is 38. The minimum Gasteiger partial charge on any atom is -0.493 e. The monoisotopic (exact) mass is 791 g/mol. The van der Waals surface area contributed by atoms with Crippen LogP contribution in [0.25, 0.3) is 0 Å². The smallest absolute Gasteiger partial charge is 0.264 e. The van der Waals surface area contributed by atoms with Crippen LogP contribution in [-0.4, -0.2) is 47.2 Å². The molecule has 55 heavy (non-hydrogen) atoms. The Hall–Kier alpha value is -1.87. The molecule has 0 amide bonds. The summed E-state index contributed by atoms with van der Waals surface area (Å²) in [5, 5.41) is 0. The van der Waals surface area contributed by atoms with Gasteiger partial charge >= 0.3 is 0 Å². The minimum atomic E-state index is -3.55. The summed E-state index contributed by atoms with van der Waals surface area (Å²) in [4.78, 5) is 0. The van der Waals surface area contributed by atoms with E-state index in [1.54, 1.807) is 0 Å². The van der Waals surface area contributed by atoms with Gasteiger partial charge in [0.1, 0.15) is 17.6 Å². The summed E-state index contributed by atoms with van der Waals surface area (Å²) in [6, 6.07) is 5.85. The van der Waals surface area contributed by atoms with E-state index in [1.165, 1.54) is 154 Å². The fourth-order valence-electron chi connectivity index (χ4n) is 6.89. The number of hydrogen-bond donors (Lipinski definition) is 0. The lowest BCUT2D eigenvalue weighted by Gasteiger charge is -2.16. The predicted octanol–water partition coefficient (Wildman–Crippen LogP) is 13.9. The Labute approximate surface area is 338 Å². The van der Waals surface area contributed by atoms with E-state index >= 15 is 0 Å². The summed E-state index contributed by atoms with van der Waals surface area (Å²) in [5.74, 6) is 1.48. The van der Waals surface area contributed by atoms with Crippen molar-refractivity contribution in [2.24, 2.45) is 0 Å². The minimum absolute atomic E-state index is 0.0687. The molecule has 0 spiro atoms. The van der Waals surface area contributed by atoms with Gasteiger partial charge in [-0.1, -0.05) is 154 Å². The highest BCUT2D eigenvalue weighted by Crippen LogP contribution is 2.33. The quantitative estimate of drug-likeness (QED) is 0.0375. The SMILES string of the molecule is CCCCCCCCC=CCCCCCCCCOc1cc(OCCCCCCCCC=CCCCCCCCC)cc(C2OCC(COS(C)(=O)=O)O2)c1. The van der Waals surface area contributed by atoms with Gasteiger partial charge in [-0.15, -0.1) is 0 Å². The molecule has 1 heterocycles. The maximum atomic E-state index is 11.5. The van der Waals surface area contributed by atoms with Crippen LogP contribution in [0.4, 0.5) is 0 Å². The molecule has 0 bridgehead atoms. The van der Waals surface area contributed by atoms with Gasteiger partial charge in [0.2, 0.25) is 0 Å². The summed E-state index contributed by atoms with van der Waals surface area (Å²) in [6.45, 7) is 6.03. The molecule has 7 nitrogen and oxygen atoms in total. The molecule has 0 radical (unpaired) electrons. The summed E-state index contributed by atoms with van der Waals surface area (Å²) < 4.78 is 52.2. The number of hydrogen-bond acceptors (Lipinski definition) is 7. The molecule has 318 valence electrons. The van der Waals surface area contributed by atoms with Crippen molar-refractivity contribution in [3.8, 4) is 11.5 Å². The number of ether oxygens (including phenoxy) is 4. The second-order valence-corrected chi connectivity index (χ2v) is 17.4. The third-order valence-electron chi connectivity index (χ3n) is 10.2. The van der Waals surface area contributed by atoms with Crippen molar-refractivity contribution in [3.63, 3.8) is 0 Å². The standard InChI is InChI=1S/C47H82O7S/c1-4-6-8-10-12-14-16-18-20-22-24-26-28-30-32-34-36-50-44-38-43(47-52-41-46(54-47)42-53-55(3,48)49)39-45(40-44)51-37-35-33-31-29-27-25-23-21-19-17-15-13-11-9-7-5-2/h18-21,38-40,46-47H,4-17,22-37,41-42H2,1-3H3. The Bertz CT molecular complexity index is 1140. The van der Waals surface area contributed by atoms with E-state index in [0.29, 0.717) is 13.2 Å². The van der Waals surface area contributed by atoms with Crippen LogP contribution in [0, 0.1) is 0 Å².